The Kier molecular flexibility index (Phi) is 3.55. The van der Waals surface area contributed by atoms with E-state index in [9.17, 15) is 10.2 Å². The summed E-state index contributed by atoms with van der Waals surface area (Å²) in [6.45, 7) is 0.848. The molecule has 0 radical (unpaired) electrons. The van der Waals surface area contributed by atoms with Crippen molar-refractivity contribution in [2.75, 3.05) is 0 Å². The minimum atomic E-state index is -0.572. The molecule has 0 spiro atoms. The third kappa shape index (κ3) is 2.40. The van der Waals surface area contributed by atoms with E-state index >= 15 is 0 Å². The van der Waals surface area contributed by atoms with Gasteiger partial charge < -0.3 is 10.2 Å². The minimum absolute atomic E-state index is 0.151. The topological polar surface area (TPSA) is 43.5 Å². The Labute approximate surface area is 133 Å². The maximum Gasteiger partial charge on any atom is 0.0818 e. The van der Waals surface area contributed by atoms with E-state index in [1.807, 2.05) is 6.07 Å². The second kappa shape index (κ2) is 5.33. The molecule has 1 aliphatic heterocycles. The molecule has 0 amide bonds. The Bertz CT molecular complexity index is 489. The highest BCUT2D eigenvalue weighted by Crippen LogP contribution is 2.53. The molecule has 2 atom stereocenters. The van der Waals surface area contributed by atoms with E-state index in [1.165, 1.54) is 5.56 Å². The van der Waals surface area contributed by atoms with Gasteiger partial charge in [0.15, 0.2) is 0 Å². The standard InChI is InChI=1S/C19H27NO2/c21-18(10-4-5-11-18)16-17(19(22)12-6-7-13-19)20(16)14-15-8-2-1-3-9-15/h1-3,8-9,16-17,21-22H,4-7,10-14H2/t16-,17-/m0/s1. The van der Waals surface area contributed by atoms with Gasteiger partial charge in [-0.1, -0.05) is 56.0 Å². The molecule has 0 aromatic heterocycles. The number of hydrogen-bond acceptors (Lipinski definition) is 3. The van der Waals surface area contributed by atoms with Crippen LogP contribution in [-0.4, -0.2) is 38.4 Å². The van der Waals surface area contributed by atoms with Gasteiger partial charge in [0.25, 0.3) is 0 Å². The molecule has 0 unspecified atom stereocenters. The lowest BCUT2D eigenvalue weighted by Crippen LogP contribution is -2.40. The Morgan fingerprint density at radius 1 is 0.818 bits per heavy atom. The number of benzene rings is 1. The summed E-state index contributed by atoms with van der Waals surface area (Å²) >= 11 is 0. The fraction of sp³-hybridized carbons (Fsp3) is 0.684. The van der Waals surface area contributed by atoms with E-state index in [1.54, 1.807) is 0 Å². The lowest BCUT2D eigenvalue weighted by Gasteiger charge is -2.25. The molecule has 0 bridgehead atoms. The molecule has 2 N–H and O–H groups in total. The van der Waals surface area contributed by atoms with Crippen LogP contribution < -0.4 is 0 Å². The van der Waals surface area contributed by atoms with Gasteiger partial charge in [-0.2, -0.15) is 0 Å². The molecule has 3 heteroatoms. The van der Waals surface area contributed by atoms with Gasteiger partial charge >= 0.3 is 0 Å². The monoisotopic (exact) mass is 301 g/mol. The Balaban J connectivity index is 1.57. The van der Waals surface area contributed by atoms with Crippen LogP contribution in [0.25, 0.3) is 0 Å². The van der Waals surface area contributed by atoms with E-state index in [4.69, 9.17) is 0 Å². The Morgan fingerprint density at radius 2 is 1.27 bits per heavy atom. The highest BCUT2D eigenvalue weighted by molar-refractivity contribution is 5.25. The molecule has 1 heterocycles. The van der Waals surface area contributed by atoms with Crippen molar-refractivity contribution in [3.05, 3.63) is 35.9 Å². The molecule has 3 fully saturated rings. The molecule has 3 aliphatic rings. The first kappa shape index (κ1) is 14.7. The SMILES string of the molecule is OC1([C@@H]2[C@@H](C3(O)CCCC3)N2Cc2ccccc2)CCCC1. The number of hydrogen-bond donors (Lipinski definition) is 2. The predicted molar refractivity (Wildman–Crippen MR) is 86.4 cm³/mol. The van der Waals surface area contributed by atoms with Gasteiger partial charge in [-0.05, 0) is 31.2 Å². The van der Waals surface area contributed by atoms with Crippen LogP contribution in [0.3, 0.4) is 0 Å². The van der Waals surface area contributed by atoms with Gasteiger partial charge in [0.2, 0.25) is 0 Å². The van der Waals surface area contributed by atoms with E-state index in [0.29, 0.717) is 0 Å². The van der Waals surface area contributed by atoms with Gasteiger partial charge in [-0.25, -0.2) is 0 Å². The van der Waals surface area contributed by atoms with Crippen molar-refractivity contribution in [1.82, 2.24) is 4.90 Å². The molecule has 4 rings (SSSR count). The second-order valence-electron chi connectivity index (χ2n) is 7.67. The van der Waals surface area contributed by atoms with Gasteiger partial charge in [0.05, 0.1) is 23.3 Å². The zero-order chi connectivity index (χ0) is 15.2. The van der Waals surface area contributed by atoms with E-state index < -0.39 is 11.2 Å². The van der Waals surface area contributed by atoms with Gasteiger partial charge in [0, 0.05) is 6.54 Å². The van der Waals surface area contributed by atoms with Crippen LogP contribution in [0.5, 0.6) is 0 Å². The van der Waals surface area contributed by atoms with Gasteiger partial charge in [0.1, 0.15) is 0 Å². The van der Waals surface area contributed by atoms with Crippen LogP contribution in [0.4, 0.5) is 0 Å². The van der Waals surface area contributed by atoms with Crippen molar-refractivity contribution in [1.29, 1.82) is 0 Å². The Hall–Kier alpha value is -0.900. The average molecular weight is 301 g/mol. The molecule has 2 saturated carbocycles. The van der Waals surface area contributed by atoms with Gasteiger partial charge in [-0.3, -0.25) is 4.90 Å². The van der Waals surface area contributed by atoms with Crippen LogP contribution in [0.2, 0.25) is 0 Å². The summed E-state index contributed by atoms with van der Waals surface area (Å²) in [6.07, 6.45) is 8.08. The van der Waals surface area contributed by atoms with Crippen LogP contribution in [0, 0.1) is 0 Å². The summed E-state index contributed by atoms with van der Waals surface area (Å²) < 4.78 is 0. The summed E-state index contributed by atoms with van der Waals surface area (Å²) in [5.74, 6) is 0. The maximum atomic E-state index is 11.1. The summed E-state index contributed by atoms with van der Waals surface area (Å²) in [4.78, 5) is 2.37. The summed E-state index contributed by atoms with van der Waals surface area (Å²) in [7, 11) is 0. The zero-order valence-corrected chi connectivity index (χ0v) is 13.2. The van der Waals surface area contributed by atoms with Crippen LogP contribution in [-0.2, 0) is 6.54 Å². The van der Waals surface area contributed by atoms with Crippen LogP contribution >= 0.6 is 0 Å². The fourth-order valence-electron chi connectivity index (χ4n) is 5.04. The molecule has 3 nitrogen and oxygen atoms in total. The van der Waals surface area contributed by atoms with Crippen LogP contribution in [0.15, 0.2) is 30.3 Å². The number of rotatable bonds is 4. The molecule has 1 aromatic carbocycles. The molecule has 1 saturated heterocycles. The maximum absolute atomic E-state index is 11.1. The molecular weight excluding hydrogens is 274 g/mol. The van der Waals surface area contributed by atoms with Crippen molar-refractivity contribution < 1.29 is 10.2 Å². The highest BCUT2D eigenvalue weighted by Gasteiger charge is 2.66. The lowest BCUT2D eigenvalue weighted by molar-refractivity contribution is 0.0123. The zero-order valence-electron chi connectivity index (χ0n) is 13.2. The van der Waals surface area contributed by atoms with Crippen molar-refractivity contribution in [2.45, 2.75) is 81.2 Å². The van der Waals surface area contributed by atoms with Crippen molar-refractivity contribution in [3.8, 4) is 0 Å². The molecule has 22 heavy (non-hydrogen) atoms. The summed E-state index contributed by atoms with van der Waals surface area (Å²) in [5.41, 5.74) is 0.133. The van der Waals surface area contributed by atoms with Crippen molar-refractivity contribution >= 4 is 0 Å². The third-order valence-corrected chi connectivity index (χ3v) is 6.17. The quantitative estimate of drug-likeness (QED) is 0.841. The fourth-order valence-corrected chi connectivity index (χ4v) is 5.04. The normalized spacial score (nSPS) is 35.6. The summed E-state index contributed by atoms with van der Waals surface area (Å²) in [6, 6.07) is 10.8. The lowest BCUT2D eigenvalue weighted by atomic mass is 9.87. The van der Waals surface area contributed by atoms with Crippen molar-refractivity contribution in [2.24, 2.45) is 0 Å². The average Bonchev–Trinajstić information content (AvgIpc) is 2.85. The van der Waals surface area contributed by atoms with E-state index in [2.05, 4.69) is 29.2 Å². The second-order valence-corrected chi connectivity index (χ2v) is 7.67. The molecule has 120 valence electrons. The Morgan fingerprint density at radius 3 is 1.73 bits per heavy atom. The van der Waals surface area contributed by atoms with Crippen molar-refractivity contribution in [3.63, 3.8) is 0 Å². The van der Waals surface area contributed by atoms with Crippen LogP contribution in [0.1, 0.15) is 56.9 Å². The molecule has 1 aromatic rings. The smallest absolute Gasteiger partial charge is 0.0818 e. The highest BCUT2D eigenvalue weighted by atomic mass is 16.3. The first-order valence-electron chi connectivity index (χ1n) is 8.87. The largest absolute Gasteiger partial charge is 0.388 e. The first-order valence-corrected chi connectivity index (χ1v) is 8.87. The third-order valence-electron chi connectivity index (χ3n) is 6.17. The number of nitrogens with zero attached hydrogens (tertiary/aromatic N) is 1. The first-order chi connectivity index (χ1) is 10.6. The molecular formula is C19H27NO2. The van der Waals surface area contributed by atoms with E-state index in [-0.39, 0.29) is 12.1 Å². The predicted octanol–water partition coefficient (Wildman–Crippen LogP) is 2.85. The van der Waals surface area contributed by atoms with Gasteiger partial charge in [-0.15, -0.1) is 0 Å². The van der Waals surface area contributed by atoms with E-state index in [0.717, 1.165) is 57.9 Å². The minimum Gasteiger partial charge on any atom is -0.388 e. The summed E-state index contributed by atoms with van der Waals surface area (Å²) in [5, 5.41) is 22.1. The number of aliphatic hydroxyl groups is 2. The molecule has 2 aliphatic carbocycles.